The number of rotatable bonds is 8. The summed E-state index contributed by atoms with van der Waals surface area (Å²) in [6.07, 6.45) is 3.51. The summed E-state index contributed by atoms with van der Waals surface area (Å²) >= 11 is 6.12. The molecule has 0 radical (unpaired) electrons. The van der Waals surface area contributed by atoms with Gasteiger partial charge in [-0.1, -0.05) is 11.6 Å². The normalized spacial score (nSPS) is 18.7. The largest absolute Gasteiger partial charge is 0.462 e. The van der Waals surface area contributed by atoms with Gasteiger partial charge in [0.05, 0.1) is 17.9 Å². The number of nitrogens with one attached hydrogen (secondary N) is 2. The minimum atomic E-state index is -1.12. The molecule has 3 rings (SSSR count). The SMILES string of the molecule is CCOC(=O)C(=CNC1CC1)C(=O)c1cc(F)c(N2CCC(NC(C)=O)C2)c(Cl)c1F. The van der Waals surface area contributed by atoms with Gasteiger partial charge >= 0.3 is 5.97 Å². The molecule has 0 spiro atoms. The fourth-order valence-corrected chi connectivity index (χ4v) is 3.74. The van der Waals surface area contributed by atoms with Gasteiger partial charge in [-0.3, -0.25) is 9.59 Å². The molecule has 2 fully saturated rings. The standard InChI is InChI=1S/C21H24ClF2N3O4/c1-3-31-21(30)15(9-25-12-4-5-12)20(29)14-8-16(23)19(17(22)18(14)24)27-7-6-13(10-27)26-11(2)28/h8-9,12-13,25H,3-7,10H2,1-2H3,(H,26,28). The second kappa shape index (κ2) is 9.64. The van der Waals surface area contributed by atoms with E-state index in [4.69, 9.17) is 16.3 Å². The number of hydrogen-bond donors (Lipinski definition) is 2. The van der Waals surface area contributed by atoms with Crippen LogP contribution in [0.4, 0.5) is 14.5 Å². The third-order valence-electron chi connectivity index (χ3n) is 5.07. The van der Waals surface area contributed by atoms with Crippen molar-refractivity contribution < 1.29 is 27.9 Å². The number of esters is 1. The van der Waals surface area contributed by atoms with Crippen LogP contribution in [0.5, 0.6) is 0 Å². The first-order chi connectivity index (χ1) is 14.7. The van der Waals surface area contributed by atoms with Gasteiger partial charge in [0.1, 0.15) is 16.4 Å². The fraction of sp³-hybridized carbons (Fsp3) is 0.476. The Bertz CT molecular complexity index is 934. The Morgan fingerprint density at radius 1 is 1.26 bits per heavy atom. The molecule has 1 aromatic rings. The lowest BCUT2D eigenvalue weighted by atomic mass is 10.0. The molecule has 1 aliphatic carbocycles. The monoisotopic (exact) mass is 455 g/mol. The van der Waals surface area contributed by atoms with E-state index in [2.05, 4.69) is 10.6 Å². The summed E-state index contributed by atoms with van der Waals surface area (Å²) in [5.41, 5.74) is -1.26. The number of carbonyl (C=O) groups excluding carboxylic acids is 3. The summed E-state index contributed by atoms with van der Waals surface area (Å²) in [4.78, 5) is 37.9. The highest BCUT2D eigenvalue weighted by atomic mass is 35.5. The molecule has 2 N–H and O–H groups in total. The van der Waals surface area contributed by atoms with Crippen molar-refractivity contribution in [2.45, 2.75) is 45.2 Å². The molecule has 1 unspecified atom stereocenters. The molecule has 1 heterocycles. The summed E-state index contributed by atoms with van der Waals surface area (Å²) in [6, 6.07) is 0.662. The molecule has 31 heavy (non-hydrogen) atoms. The molecule has 168 valence electrons. The summed E-state index contributed by atoms with van der Waals surface area (Å²) in [5.74, 6) is -4.18. The predicted octanol–water partition coefficient (Wildman–Crippen LogP) is 2.71. The predicted molar refractivity (Wildman–Crippen MR) is 111 cm³/mol. The molecule has 1 aromatic carbocycles. The van der Waals surface area contributed by atoms with Crippen LogP contribution in [-0.2, 0) is 14.3 Å². The van der Waals surface area contributed by atoms with Crippen LogP contribution in [0.15, 0.2) is 17.8 Å². The molecule has 10 heteroatoms. The van der Waals surface area contributed by atoms with Crippen LogP contribution in [0.25, 0.3) is 0 Å². The lowest BCUT2D eigenvalue weighted by Gasteiger charge is -2.22. The van der Waals surface area contributed by atoms with Crippen molar-refractivity contribution in [2.75, 3.05) is 24.6 Å². The van der Waals surface area contributed by atoms with Gasteiger partial charge in [0.15, 0.2) is 5.82 Å². The highest BCUT2D eigenvalue weighted by Gasteiger charge is 2.32. The zero-order valence-corrected chi connectivity index (χ0v) is 18.0. The van der Waals surface area contributed by atoms with Gasteiger partial charge in [-0.15, -0.1) is 0 Å². The van der Waals surface area contributed by atoms with Crippen molar-refractivity contribution in [2.24, 2.45) is 0 Å². The van der Waals surface area contributed by atoms with E-state index >= 15 is 4.39 Å². The number of amides is 1. The lowest BCUT2D eigenvalue weighted by Crippen LogP contribution is -2.35. The molecule has 1 amide bonds. The Hall–Kier alpha value is -2.68. The Balaban J connectivity index is 1.89. The zero-order valence-electron chi connectivity index (χ0n) is 17.3. The van der Waals surface area contributed by atoms with Crippen molar-refractivity contribution in [3.8, 4) is 0 Å². The second-order valence-electron chi connectivity index (χ2n) is 7.56. The van der Waals surface area contributed by atoms with E-state index in [-0.39, 0.29) is 36.8 Å². The van der Waals surface area contributed by atoms with Crippen molar-refractivity contribution in [1.82, 2.24) is 10.6 Å². The van der Waals surface area contributed by atoms with Crippen LogP contribution in [0, 0.1) is 11.6 Å². The van der Waals surface area contributed by atoms with E-state index in [1.54, 1.807) is 6.92 Å². The highest BCUT2D eigenvalue weighted by molar-refractivity contribution is 6.34. The molecule has 0 aromatic heterocycles. The highest BCUT2D eigenvalue weighted by Crippen LogP contribution is 2.36. The molecule has 2 aliphatic rings. The lowest BCUT2D eigenvalue weighted by molar-refractivity contribution is -0.138. The van der Waals surface area contributed by atoms with Gasteiger partial charge < -0.3 is 20.3 Å². The molecule has 1 saturated carbocycles. The number of ether oxygens (including phenoxy) is 1. The van der Waals surface area contributed by atoms with Crippen molar-refractivity contribution in [1.29, 1.82) is 0 Å². The van der Waals surface area contributed by atoms with Gasteiger partial charge in [0.2, 0.25) is 11.7 Å². The van der Waals surface area contributed by atoms with Gasteiger partial charge in [0.25, 0.3) is 0 Å². The maximum atomic E-state index is 15.1. The molecular formula is C21H24ClF2N3O4. The number of carbonyl (C=O) groups is 3. The van der Waals surface area contributed by atoms with E-state index in [9.17, 15) is 18.8 Å². The third-order valence-corrected chi connectivity index (χ3v) is 5.42. The van der Waals surface area contributed by atoms with Crippen LogP contribution >= 0.6 is 11.6 Å². The Morgan fingerprint density at radius 3 is 2.58 bits per heavy atom. The van der Waals surface area contributed by atoms with E-state index in [1.165, 1.54) is 18.0 Å². The number of benzene rings is 1. The van der Waals surface area contributed by atoms with Gasteiger partial charge in [0, 0.05) is 38.3 Å². The third kappa shape index (κ3) is 5.33. The van der Waals surface area contributed by atoms with Crippen LogP contribution in [0.1, 0.15) is 43.5 Å². The summed E-state index contributed by atoms with van der Waals surface area (Å²) in [5, 5.41) is 5.08. The van der Waals surface area contributed by atoms with Crippen molar-refractivity contribution >= 4 is 34.9 Å². The van der Waals surface area contributed by atoms with E-state index in [0.717, 1.165) is 18.9 Å². The molecule has 1 atom stereocenters. The molecule has 1 saturated heterocycles. The van der Waals surface area contributed by atoms with Crippen LogP contribution in [0.2, 0.25) is 5.02 Å². The number of nitrogens with zero attached hydrogens (tertiary/aromatic N) is 1. The number of Topliss-reactive ketones (excluding diaryl/α,β-unsaturated/α-hetero) is 1. The molecule has 0 bridgehead atoms. The van der Waals surface area contributed by atoms with E-state index < -0.39 is 39.5 Å². The first-order valence-electron chi connectivity index (χ1n) is 10.1. The molecular weight excluding hydrogens is 432 g/mol. The summed E-state index contributed by atoms with van der Waals surface area (Å²) in [7, 11) is 0. The van der Waals surface area contributed by atoms with Crippen LogP contribution in [0.3, 0.4) is 0 Å². The number of ketones is 1. The minimum Gasteiger partial charge on any atom is -0.462 e. The number of hydrogen-bond acceptors (Lipinski definition) is 6. The maximum absolute atomic E-state index is 15.1. The van der Waals surface area contributed by atoms with Gasteiger partial charge in [-0.25, -0.2) is 13.6 Å². The van der Waals surface area contributed by atoms with E-state index in [0.29, 0.717) is 13.0 Å². The first kappa shape index (κ1) is 23.0. The first-order valence-corrected chi connectivity index (χ1v) is 10.5. The zero-order chi connectivity index (χ0) is 22.7. The second-order valence-corrected chi connectivity index (χ2v) is 7.94. The van der Waals surface area contributed by atoms with Gasteiger partial charge in [-0.05, 0) is 32.3 Å². The Morgan fingerprint density at radius 2 is 1.97 bits per heavy atom. The number of halogens is 3. The molecule has 7 nitrogen and oxygen atoms in total. The number of anilines is 1. The average molecular weight is 456 g/mol. The van der Waals surface area contributed by atoms with Crippen LogP contribution < -0.4 is 15.5 Å². The topological polar surface area (TPSA) is 87.7 Å². The summed E-state index contributed by atoms with van der Waals surface area (Å²) < 4.78 is 34.9. The van der Waals surface area contributed by atoms with Crippen LogP contribution in [-0.4, -0.2) is 49.4 Å². The Kier molecular flexibility index (Phi) is 7.15. The van der Waals surface area contributed by atoms with Gasteiger partial charge in [-0.2, -0.15) is 0 Å². The van der Waals surface area contributed by atoms with Crippen molar-refractivity contribution in [3.63, 3.8) is 0 Å². The Labute approximate surface area is 183 Å². The minimum absolute atomic E-state index is 0.0217. The maximum Gasteiger partial charge on any atom is 0.343 e. The molecule has 1 aliphatic heterocycles. The van der Waals surface area contributed by atoms with Crippen molar-refractivity contribution in [3.05, 3.63) is 40.1 Å². The summed E-state index contributed by atoms with van der Waals surface area (Å²) in [6.45, 7) is 3.58. The average Bonchev–Trinajstić information content (AvgIpc) is 3.43. The smallest absolute Gasteiger partial charge is 0.343 e. The van der Waals surface area contributed by atoms with E-state index in [1.807, 2.05) is 0 Å². The quantitative estimate of drug-likeness (QED) is 0.156. The fourth-order valence-electron chi connectivity index (χ4n) is 3.43.